The van der Waals surface area contributed by atoms with Gasteiger partial charge in [-0.25, -0.2) is 22.3 Å². The molecule has 0 bridgehead atoms. The van der Waals surface area contributed by atoms with Gasteiger partial charge in [0.15, 0.2) is 5.58 Å². The van der Waals surface area contributed by atoms with Crippen LogP contribution in [0.25, 0.3) is 11.1 Å². The highest BCUT2D eigenvalue weighted by Crippen LogP contribution is 2.18. The summed E-state index contributed by atoms with van der Waals surface area (Å²) in [6.07, 6.45) is 0. The summed E-state index contributed by atoms with van der Waals surface area (Å²) >= 11 is 0. The summed E-state index contributed by atoms with van der Waals surface area (Å²) in [5, 5.41) is 0. The zero-order valence-corrected chi connectivity index (χ0v) is 13.6. The van der Waals surface area contributed by atoms with E-state index in [9.17, 15) is 17.6 Å². The lowest BCUT2D eigenvalue weighted by atomic mass is 10.2. The number of benzene rings is 2. The van der Waals surface area contributed by atoms with Gasteiger partial charge in [-0.15, -0.1) is 0 Å². The number of hydrogen-bond donors (Lipinski definition) is 1. The van der Waals surface area contributed by atoms with Gasteiger partial charge in [-0.05, 0) is 36.8 Å². The number of hydrogen-bond acceptors (Lipinski definition) is 4. The van der Waals surface area contributed by atoms with E-state index in [4.69, 9.17) is 4.42 Å². The second-order valence-electron chi connectivity index (χ2n) is 5.19. The first-order valence-corrected chi connectivity index (χ1v) is 8.76. The van der Waals surface area contributed by atoms with Crippen molar-refractivity contribution in [3.8, 4) is 0 Å². The lowest BCUT2D eigenvalue weighted by Gasteiger charge is -2.07. The van der Waals surface area contributed by atoms with Crippen LogP contribution >= 0.6 is 0 Å². The first kappa shape index (κ1) is 16.4. The fourth-order valence-corrected chi connectivity index (χ4v) is 3.41. The number of rotatable bonds is 5. The smallest absolute Gasteiger partial charge is 0.408 e. The predicted octanol–water partition coefficient (Wildman–Crippen LogP) is 2.23. The Morgan fingerprint density at radius 3 is 2.54 bits per heavy atom. The molecule has 0 aliphatic heterocycles. The molecule has 1 aromatic heterocycles. The maximum absolute atomic E-state index is 12.9. The molecule has 1 N–H and O–H groups in total. The summed E-state index contributed by atoms with van der Waals surface area (Å²) in [6, 6.07) is 9.79. The first-order valence-electron chi connectivity index (χ1n) is 7.28. The maximum atomic E-state index is 12.9. The van der Waals surface area contributed by atoms with Crippen molar-refractivity contribution in [2.45, 2.75) is 24.9 Å². The Hall–Kier alpha value is -2.45. The van der Waals surface area contributed by atoms with Crippen molar-refractivity contribution in [2.75, 3.05) is 0 Å². The molecule has 0 saturated carbocycles. The van der Waals surface area contributed by atoms with Crippen LogP contribution in [-0.2, 0) is 23.1 Å². The van der Waals surface area contributed by atoms with E-state index in [1.165, 1.54) is 47.0 Å². The molecule has 0 aliphatic rings. The van der Waals surface area contributed by atoms with Gasteiger partial charge in [-0.3, -0.25) is 4.57 Å². The van der Waals surface area contributed by atoms with E-state index < -0.39 is 15.8 Å². The van der Waals surface area contributed by atoms with E-state index in [0.29, 0.717) is 17.6 Å². The van der Waals surface area contributed by atoms with Crippen molar-refractivity contribution in [1.82, 2.24) is 9.29 Å². The van der Waals surface area contributed by atoms with E-state index in [1.54, 1.807) is 6.92 Å². The van der Waals surface area contributed by atoms with E-state index in [2.05, 4.69) is 4.72 Å². The van der Waals surface area contributed by atoms with Gasteiger partial charge in [-0.1, -0.05) is 12.1 Å². The number of fused-ring (bicyclic) bond motifs is 1. The summed E-state index contributed by atoms with van der Waals surface area (Å²) in [4.78, 5) is 11.7. The Bertz CT molecular complexity index is 1040. The Balaban J connectivity index is 1.87. The molecule has 3 aromatic rings. The Morgan fingerprint density at radius 2 is 1.88 bits per heavy atom. The van der Waals surface area contributed by atoms with Crippen LogP contribution in [0.2, 0.25) is 0 Å². The van der Waals surface area contributed by atoms with Gasteiger partial charge in [0.25, 0.3) is 0 Å². The second kappa shape index (κ2) is 6.21. The highest BCUT2D eigenvalue weighted by molar-refractivity contribution is 7.89. The van der Waals surface area contributed by atoms with Crippen molar-refractivity contribution in [1.29, 1.82) is 0 Å². The Kier molecular flexibility index (Phi) is 4.25. The molecule has 3 rings (SSSR count). The highest BCUT2D eigenvalue weighted by Gasteiger charge is 2.17. The Morgan fingerprint density at radius 1 is 1.17 bits per heavy atom. The van der Waals surface area contributed by atoms with Crippen molar-refractivity contribution < 1.29 is 17.2 Å². The quantitative estimate of drug-likeness (QED) is 0.765. The third-order valence-electron chi connectivity index (χ3n) is 3.65. The minimum absolute atomic E-state index is 0.00545. The largest absolute Gasteiger partial charge is 0.419 e. The Labute approximate surface area is 137 Å². The van der Waals surface area contributed by atoms with Crippen LogP contribution in [-0.4, -0.2) is 13.0 Å². The number of aryl methyl sites for hydroxylation is 1. The van der Waals surface area contributed by atoms with Gasteiger partial charge < -0.3 is 4.42 Å². The van der Waals surface area contributed by atoms with Gasteiger partial charge >= 0.3 is 5.76 Å². The van der Waals surface area contributed by atoms with E-state index >= 15 is 0 Å². The molecular weight excluding hydrogens is 335 g/mol. The van der Waals surface area contributed by atoms with Crippen LogP contribution in [0.4, 0.5) is 4.39 Å². The van der Waals surface area contributed by atoms with Crippen LogP contribution < -0.4 is 10.5 Å². The molecule has 24 heavy (non-hydrogen) atoms. The minimum Gasteiger partial charge on any atom is -0.408 e. The molecule has 8 heteroatoms. The van der Waals surface area contributed by atoms with Gasteiger partial charge in [0, 0.05) is 19.2 Å². The van der Waals surface area contributed by atoms with Crippen molar-refractivity contribution in [3.63, 3.8) is 0 Å². The summed E-state index contributed by atoms with van der Waals surface area (Å²) < 4.78 is 46.5. The van der Waals surface area contributed by atoms with Crippen molar-refractivity contribution >= 4 is 21.1 Å². The fraction of sp³-hybridized carbons (Fsp3) is 0.188. The van der Waals surface area contributed by atoms with Gasteiger partial charge in [0.1, 0.15) is 5.82 Å². The molecule has 2 aromatic carbocycles. The number of aromatic nitrogens is 1. The van der Waals surface area contributed by atoms with E-state index in [0.717, 1.165) is 0 Å². The third-order valence-corrected chi connectivity index (χ3v) is 5.04. The van der Waals surface area contributed by atoms with E-state index in [-0.39, 0.29) is 22.8 Å². The number of oxazole rings is 1. The summed E-state index contributed by atoms with van der Waals surface area (Å²) in [5.74, 6) is -0.913. The summed E-state index contributed by atoms with van der Waals surface area (Å²) in [5.41, 5.74) is 1.39. The molecule has 0 saturated heterocycles. The number of sulfonamides is 1. The van der Waals surface area contributed by atoms with Crippen molar-refractivity contribution in [2.24, 2.45) is 0 Å². The average Bonchev–Trinajstić information content (AvgIpc) is 2.88. The first-order chi connectivity index (χ1) is 11.4. The zero-order valence-electron chi connectivity index (χ0n) is 12.8. The third kappa shape index (κ3) is 3.10. The molecule has 126 valence electrons. The summed E-state index contributed by atoms with van der Waals surface area (Å²) in [6.45, 7) is 2.26. The molecule has 0 radical (unpaired) electrons. The van der Waals surface area contributed by atoms with Crippen LogP contribution in [0.3, 0.4) is 0 Å². The van der Waals surface area contributed by atoms with Crippen LogP contribution in [0.1, 0.15) is 12.5 Å². The van der Waals surface area contributed by atoms with Crippen molar-refractivity contribution in [3.05, 3.63) is 64.4 Å². The topological polar surface area (TPSA) is 81.3 Å². The minimum atomic E-state index is -3.79. The average molecular weight is 350 g/mol. The lowest BCUT2D eigenvalue weighted by Crippen LogP contribution is -2.23. The molecule has 6 nitrogen and oxygen atoms in total. The molecule has 0 fully saturated rings. The molecule has 1 heterocycles. The lowest BCUT2D eigenvalue weighted by molar-refractivity contribution is 0.512. The molecule has 0 atom stereocenters. The standard InChI is InChI=1S/C16H15FN2O4S/c1-2-19-14-8-7-13(9-15(14)23-16(19)20)24(21,22)18-10-11-3-5-12(17)6-4-11/h3-9,18H,2,10H2,1H3. The zero-order chi connectivity index (χ0) is 17.3. The maximum Gasteiger partial charge on any atom is 0.419 e. The summed E-state index contributed by atoms with van der Waals surface area (Å²) in [7, 11) is -3.79. The predicted molar refractivity (Wildman–Crippen MR) is 86.6 cm³/mol. The number of nitrogens with one attached hydrogen (secondary N) is 1. The number of nitrogens with zero attached hydrogens (tertiary/aromatic N) is 1. The van der Waals surface area contributed by atoms with Gasteiger partial charge in [0.2, 0.25) is 10.0 Å². The molecular formula is C16H15FN2O4S. The van der Waals surface area contributed by atoms with Crippen LogP contribution in [0.5, 0.6) is 0 Å². The SMILES string of the molecule is CCn1c(=O)oc2cc(S(=O)(=O)NCc3ccc(F)cc3)ccc21. The monoisotopic (exact) mass is 350 g/mol. The molecule has 0 spiro atoms. The molecule has 0 aliphatic carbocycles. The van der Waals surface area contributed by atoms with Crippen LogP contribution in [0.15, 0.2) is 56.6 Å². The molecule has 0 amide bonds. The molecule has 0 unspecified atom stereocenters. The van der Waals surface area contributed by atoms with Crippen LogP contribution in [0, 0.1) is 5.82 Å². The number of halogens is 1. The van der Waals surface area contributed by atoms with E-state index in [1.807, 2.05) is 0 Å². The second-order valence-corrected chi connectivity index (χ2v) is 6.96. The van der Waals surface area contributed by atoms with Gasteiger partial charge in [-0.2, -0.15) is 0 Å². The highest BCUT2D eigenvalue weighted by atomic mass is 32.2. The fourth-order valence-electron chi connectivity index (χ4n) is 2.38. The van der Waals surface area contributed by atoms with Gasteiger partial charge in [0.05, 0.1) is 10.4 Å². The normalized spacial score (nSPS) is 11.9.